The number of benzene rings is 1. The van der Waals surface area contributed by atoms with Crippen LogP contribution in [0.2, 0.25) is 0 Å². The highest BCUT2D eigenvalue weighted by molar-refractivity contribution is 6.01. The van der Waals surface area contributed by atoms with Crippen LogP contribution in [0.3, 0.4) is 0 Å². The molecule has 0 saturated heterocycles. The fourth-order valence-electron chi connectivity index (χ4n) is 8.30. The molecule has 1 aromatic rings. The highest BCUT2D eigenvalue weighted by Gasteiger charge is 2.77. The molecular formula is C29H33FO6. The lowest BCUT2D eigenvalue weighted by Crippen LogP contribution is -2.70. The second-order valence-corrected chi connectivity index (χ2v) is 11.5. The van der Waals surface area contributed by atoms with Crippen LogP contribution < -0.4 is 0 Å². The van der Waals surface area contributed by atoms with Crippen molar-refractivity contribution in [1.82, 2.24) is 0 Å². The number of alkyl halides is 1. The van der Waals surface area contributed by atoms with Crippen LogP contribution in [0, 0.1) is 28.6 Å². The lowest BCUT2D eigenvalue weighted by atomic mass is 9.44. The summed E-state index contributed by atoms with van der Waals surface area (Å²) in [6.45, 7) is 4.51. The molecule has 0 heterocycles. The first-order chi connectivity index (χ1) is 17.0. The second kappa shape index (κ2) is 8.18. The normalized spacial score (nSPS) is 43.2. The number of aliphatic hydroxyl groups excluding tert-OH is 2. The number of ether oxygens (including phenoxy) is 1. The fourth-order valence-corrected chi connectivity index (χ4v) is 8.30. The van der Waals surface area contributed by atoms with E-state index in [9.17, 15) is 24.6 Å². The van der Waals surface area contributed by atoms with E-state index in [1.54, 1.807) is 57.2 Å². The Morgan fingerprint density at radius 3 is 2.53 bits per heavy atom. The van der Waals surface area contributed by atoms with Crippen molar-refractivity contribution in [3.63, 3.8) is 0 Å². The Labute approximate surface area is 210 Å². The summed E-state index contributed by atoms with van der Waals surface area (Å²) >= 11 is 0. The predicted octanol–water partition coefficient (Wildman–Crippen LogP) is 3.76. The van der Waals surface area contributed by atoms with E-state index in [0.29, 0.717) is 24.8 Å². The zero-order valence-corrected chi connectivity index (χ0v) is 20.9. The summed E-state index contributed by atoms with van der Waals surface area (Å²) in [5.74, 6) is -3.01. The van der Waals surface area contributed by atoms with Crippen LogP contribution in [-0.4, -0.2) is 51.7 Å². The van der Waals surface area contributed by atoms with Crippen molar-refractivity contribution in [2.45, 2.75) is 63.8 Å². The van der Waals surface area contributed by atoms with Gasteiger partial charge in [0.15, 0.2) is 17.1 Å². The number of allylic oxidation sites excluding steroid dienone is 4. The number of esters is 1. The average Bonchev–Trinajstić information content (AvgIpc) is 3.07. The van der Waals surface area contributed by atoms with Crippen molar-refractivity contribution in [2.75, 3.05) is 6.61 Å². The van der Waals surface area contributed by atoms with E-state index in [4.69, 9.17) is 4.74 Å². The zero-order valence-electron chi connectivity index (χ0n) is 20.9. The molecule has 3 fully saturated rings. The van der Waals surface area contributed by atoms with Gasteiger partial charge in [-0.15, -0.1) is 0 Å². The Morgan fingerprint density at radius 2 is 1.86 bits per heavy atom. The Bertz CT molecular complexity index is 1180. The molecule has 0 unspecified atom stereocenters. The van der Waals surface area contributed by atoms with Gasteiger partial charge in [-0.2, -0.15) is 0 Å². The summed E-state index contributed by atoms with van der Waals surface area (Å²) in [4.78, 5) is 38.8. The van der Waals surface area contributed by atoms with Crippen LogP contribution in [0.15, 0.2) is 54.1 Å². The maximum Gasteiger partial charge on any atom is 0.339 e. The number of Topliss-reactive ketones (excluding diaryl/α,β-unsaturated/α-hetero) is 1. The number of halogens is 1. The van der Waals surface area contributed by atoms with Gasteiger partial charge in [0.2, 0.25) is 5.78 Å². The van der Waals surface area contributed by atoms with E-state index in [0.717, 1.165) is 0 Å². The van der Waals surface area contributed by atoms with Crippen molar-refractivity contribution in [3.8, 4) is 0 Å². The number of ketones is 2. The molecule has 0 aliphatic heterocycles. The molecular weight excluding hydrogens is 463 g/mol. The van der Waals surface area contributed by atoms with E-state index in [1.165, 1.54) is 12.2 Å². The van der Waals surface area contributed by atoms with E-state index in [2.05, 4.69) is 0 Å². The van der Waals surface area contributed by atoms with Crippen molar-refractivity contribution < 1.29 is 33.7 Å². The smallest absolute Gasteiger partial charge is 0.339 e. The van der Waals surface area contributed by atoms with Gasteiger partial charge in [-0.05, 0) is 62.8 Å². The molecule has 0 spiro atoms. The van der Waals surface area contributed by atoms with Crippen molar-refractivity contribution in [3.05, 3.63) is 59.7 Å². The van der Waals surface area contributed by atoms with Gasteiger partial charge >= 0.3 is 5.97 Å². The largest absolute Gasteiger partial charge is 0.446 e. The number of hydrogen-bond donors (Lipinski definition) is 2. The summed E-state index contributed by atoms with van der Waals surface area (Å²) < 4.78 is 23.4. The van der Waals surface area contributed by atoms with Gasteiger partial charge in [0.1, 0.15) is 6.61 Å². The van der Waals surface area contributed by atoms with Gasteiger partial charge in [0, 0.05) is 22.7 Å². The molecule has 0 radical (unpaired) electrons. The van der Waals surface area contributed by atoms with Crippen LogP contribution in [0.25, 0.3) is 0 Å². The number of carbonyl (C=O) groups excluding carboxylic acids is 3. The second-order valence-electron chi connectivity index (χ2n) is 11.5. The van der Waals surface area contributed by atoms with Crippen LogP contribution >= 0.6 is 0 Å². The molecule has 0 amide bonds. The van der Waals surface area contributed by atoms with E-state index >= 15 is 4.39 Å². The molecule has 7 heteroatoms. The third kappa shape index (κ3) is 2.99. The van der Waals surface area contributed by atoms with Gasteiger partial charge in [0.25, 0.3) is 0 Å². The predicted molar refractivity (Wildman–Crippen MR) is 130 cm³/mol. The highest BCUT2D eigenvalue weighted by Crippen LogP contribution is 2.71. The van der Waals surface area contributed by atoms with Gasteiger partial charge in [0.05, 0.1) is 11.7 Å². The molecule has 8 atom stereocenters. The topological polar surface area (TPSA) is 101 Å². The summed E-state index contributed by atoms with van der Waals surface area (Å²) in [5.41, 5.74) is -5.06. The Kier molecular flexibility index (Phi) is 5.69. The van der Waals surface area contributed by atoms with E-state index in [-0.39, 0.29) is 23.7 Å². The van der Waals surface area contributed by atoms with Crippen LogP contribution in [0.1, 0.15) is 56.8 Å². The van der Waals surface area contributed by atoms with Crippen LogP contribution in [0.4, 0.5) is 4.39 Å². The fraction of sp³-hybridized carbons (Fsp3) is 0.552. The van der Waals surface area contributed by atoms with Crippen LogP contribution in [-0.2, 0) is 14.3 Å². The molecule has 2 N–H and O–H groups in total. The average molecular weight is 497 g/mol. The molecule has 192 valence electrons. The van der Waals surface area contributed by atoms with Crippen molar-refractivity contribution in [1.29, 1.82) is 0 Å². The molecule has 3 saturated carbocycles. The minimum Gasteiger partial charge on any atom is -0.446 e. The summed E-state index contributed by atoms with van der Waals surface area (Å²) in [6.07, 6.45) is 4.16. The number of rotatable bonds is 4. The maximum absolute atomic E-state index is 17.4. The molecule has 6 nitrogen and oxygen atoms in total. The van der Waals surface area contributed by atoms with Gasteiger partial charge in [-0.1, -0.05) is 43.7 Å². The molecule has 4 aliphatic rings. The third-order valence-corrected chi connectivity index (χ3v) is 10.0. The third-order valence-electron chi connectivity index (χ3n) is 10.0. The van der Waals surface area contributed by atoms with E-state index in [1.807, 2.05) is 0 Å². The number of fused-ring (bicyclic) bond motifs is 5. The van der Waals surface area contributed by atoms with Crippen molar-refractivity contribution >= 4 is 17.5 Å². The first-order valence-electron chi connectivity index (χ1n) is 12.7. The van der Waals surface area contributed by atoms with Crippen LogP contribution in [0.5, 0.6) is 0 Å². The van der Waals surface area contributed by atoms with E-state index < -0.39 is 58.4 Å². The molecule has 4 aliphatic carbocycles. The lowest BCUT2D eigenvalue weighted by molar-refractivity contribution is -0.219. The highest BCUT2D eigenvalue weighted by atomic mass is 19.1. The zero-order chi connectivity index (χ0) is 26.1. The SMILES string of the molecule is C[C@H]1C[C@@H]2[C@H]3CCC4=CC(=O)C=C[C@]4(C)[C@]3(F)[C@H](O)C[C@]2(C)[C@]1(OC(=O)c1ccccc1)C(=O)CO. The Balaban J connectivity index is 1.61. The van der Waals surface area contributed by atoms with Crippen molar-refractivity contribution in [2.24, 2.45) is 28.6 Å². The summed E-state index contributed by atoms with van der Waals surface area (Å²) in [6, 6.07) is 8.33. The lowest BCUT2D eigenvalue weighted by Gasteiger charge is -2.62. The quantitative estimate of drug-likeness (QED) is 0.616. The number of carbonyl (C=O) groups is 3. The van der Waals surface area contributed by atoms with Gasteiger partial charge in [-0.3, -0.25) is 9.59 Å². The molecule has 0 aromatic heterocycles. The van der Waals surface area contributed by atoms with Gasteiger partial charge < -0.3 is 14.9 Å². The molecule has 0 bridgehead atoms. The minimum atomic E-state index is -2.06. The first-order valence-corrected chi connectivity index (χ1v) is 12.7. The molecule has 5 rings (SSSR count). The summed E-state index contributed by atoms with van der Waals surface area (Å²) in [7, 11) is 0. The standard InChI is InChI=1S/C29H33FO6/c1-17-13-22-21-10-9-19-14-20(32)11-12-26(19,2)28(21,30)23(33)15-27(22,3)29(17,24(34)16-31)36-25(35)18-7-5-4-6-8-18/h4-8,11-12,14,17,21-23,31,33H,9-10,13,15-16H2,1-3H3/t17-,21+,22+,23+,26-,27-,28+,29+/m0/s1. The number of hydrogen-bond acceptors (Lipinski definition) is 6. The number of aliphatic hydroxyl groups is 2. The Hall–Kier alpha value is -2.64. The maximum atomic E-state index is 17.4. The summed E-state index contributed by atoms with van der Waals surface area (Å²) in [5, 5.41) is 21.5. The molecule has 36 heavy (non-hydrogen) atoms. The minimum absolute atomic E-state index is 0.118. The monoisotopic (exact) mass is 496 g/mol. The molecule has 1 aromatic carbocycles. The Morgan fingerprint density at radius 1 is 1.17 bits per heavy atom. The van der Waals surface area contributed by atoms with Gasteiger partial charge in [-0.25, -0.2) is 9.18 Å². The first kappa shape index (κ1) is 25.0.